The first-order chi connectivity index (χ1) is 19.4. The van der Waals surface area contributed by atoms with E-state index in [1.807, 2.05) is 36.5 Å². The summed E-state index contributed by atoms with van der Waals surface area (Å²) in [5.41, 5.74) is 4.22. The van der Waals surface area contributed by atoms with E-state index < -0.39 is 0 Å². The van der Waals surface area contributed by atoms with Crippen LogP contribution in [0.1, 0.15) is 57.8 Å². The largest absolute Gasteiger partial charge is 0.347 e. The standard InChI is InChI=1S/C32H34N4O2S2/c1-21(2)36(3)17-7-6-8-22-11-13-23(14-12-22)32-34-20-25(39-32)19-33-30(37)24-15-16-29-27(18-24)35-31(38)26-9-4-5-10-28(26)40-29/h4-5,9-16,18,20-21H,6-8,17,19H2,1-3H3,(H,33,37)(H,35,38). The number of nitrogens with one attached hydrogen (secondary N) is 2. The highest BCUT2D eigenvalue weighted by Crippen LogP contribution is 2.39. The van der Waals surface area contributed by atoms with Gasteiger partial charge in [0.05, 0.1) is 17.8 Å². The fourth-order valence-electron chi connectivity index (χ4n) is 4.46. The highest BCUT2D eigenvalue weighted by Gasteiger charge is 2.21. The number of benzene rings is 3. The molecule has 5 rings (SSSR count). The maximum absolute atomic E-state index is 12.9. The Balaban J connectivity index is 1.14. The van der Waals surface area contributed by atoms with E-state index in [4.69, 9.17) is 0 Å². The summed E-state index contributed by atoms with van der Waals surface area (Å²) in [6.07, 6.45) is 5.29. The molecule has 2 N–H and O–H groups in total. The number of hydrogen-bond donors (Lipinski definition) is 2. The molecule has 0 atom stereocenters. The van der Waals surface area contributed by atoms with E-state index in [9.17, 15) is 9.59 Å². The van der Waals surface area contributed by atoms with Crippen molar-refractivity contribution in [1.82, 2.24) is 15.2 Å². The third-order valence-corrected chi connectivity index (χ3v) is 9.33. The Bertz CT molecular complexity index is 1500. The van der Waals surface area contributed by atoms with Crippen LogP contribution in [0.25, 0.3) is 10.6 Å². The third kappa shape index (κ3) is 6.81. The number of anilines is 1. The van der Waals surface area contributed by atoms with E-state index in [0.717, 1.165) is 38.2 Å². The van der Waals surface area contributed by atoms with Crippen molar-refractivity contribution in [3.63, 3.8) is 0 Å². The molecule has 1 aliphatic rings. The van der Waals surface area contributed by atoms with E-state index in [2.05, 4.69) is 65.7 Å². The lowest BCUT2D eigenvalue weighted by Gasteiger charge is -2.20. The molecular formula is C32H34N4O2S2. The summed E-state index contributed by atoms with van der Waals surface area (Å²) in [6, 6.07) is 22.2. The van der Waals surface area contributed by atoms with Crippen molar-refractivity contribution in [2.45, 2.75) is 55.5 Å². The van der Waals surface area contributed by atoms with Gasteiger partial charge in [-0.15, -0.1) is 11.3 Å². The SMILES string of the molecule is CC(C)N(C)CCCCc1ccc(-c2ncc(CNC(=O)c3ccc4c(c3)NC(=O)c3ccccc3S4)s2)cc1. The number of amides is 2. The average molecular weight is 571 g/mol. The van der Waals surface area contributed by atoms with Crippen molar-refractivity contribution in [1.29, 1.82) is 0 Å². The van der Waals surface area contributed by atoms with Crippen LogP contribution in [0.4, 0.5) is 5.69 Å². The Labute approximate surface area is 244 Å². The molecule has 0 saturated heterocycles. The molecule has 40 heavy (non-hydrogen) atoms. The minimum Gasteiger partial charge on any atom is -0.347 e. The van der Waals surface area contributed by atoms with Crippen LogP contribution in [-0.4, -0.2) is 41.3 Å². The molecule has 8 heteroatoms. The summed E-state index contributed by atoms with van der Waals surface area (Å²) in [5, 5.41) is 6.88. The van der Waals surface area contributed by atoms with Gasteiger partial charge in [-0.3, -0.25) is 9.59 Å². The van der Waals surface area contributed by atoms with E-state index in [-0.39, 0.29) is 11.8 Å². The van der Waals surface area contributed by atoms with Gasteiger partial charge in [0.2, 0.25) is 0 Å². The molecule has 1 aromatic heterocycles. The van der Waals surface area contributed by atoms with Crippen molar-refractivity contribution in [2.24, 2.45) is 0 Å². The number of aryl methyl sites for hydroxylation is 1. The fraction of sp³-hybridized carbons (Fsp3) is 0.281. The lowest BCUT2D eigenvalue weighted by molar-refractivity contribution is 0.0949. The Morgan fingerprint density at radius 3 is 2.62 bits per heavy atom. The molecule has 206 valence electrons. The van der Waals surface area contributed by atoms with Crippen LogP contribution in [-0.2, 0) is 13.0 Å². The molecule has 0 bridgehead atoms. The van der Waals surface area contributed by atoms with Gasteiger partial charge in [-0.25, -0.2) is 4.98 Å². The molecule has 0 spiro atoms. The smallest absolute Gasteiger partial charge is 0.256 e. The summed E-state index contributed by atoms with van der Waals surface area (Å²) < 4.78 is 0. The molecule has 0 fully saturated rings. The lowest BCUT2D eigenvalue weighted by Crippen LogP contribution is -2.27. The summed E-state index contributed by atoms with van der Waals surface area (Å²) in [4.78, 5) is 35.4. The normalized spacial score (nSPS) is 12.6. The van der Waals surface area contributed by atoms with Crippen LogP contribution in [0.15, 0.2) is 82.7 Å². The van der Waals surface area contributed by atoms with Crippen molar-refractivity contribution in [3.8, 4) is 10.6 Å². The van der Waals surface area contributed by atoms with Gasteiger partial charge in [-0.2, -0.15) is 0 Å². The van der Waals surface area contributed by atoms with Crippen LogP contribution < -0.4 is 10.6 Å². The van der Waals surface area contributed by atoms with Crippen molar-refractivity contribution >= 4 is 40.6 Å². The monoisotopic (exact) mass is 570 g/mol. The summed E-state index contributed by atoms with van der Waals surface area (Å²) in [5.74, 6) is -0.359. The topological polar surface area (TPSA) is 74.3 Å². The maximum atomic E-state index is 12.9. The quantitative estimate of drug-likeness (QED) is 0.199. The fourth-order valence-corrected chi connectivity index (χ4v) is 6.33. The van der Waals surface area contributed by atoms with Crippen LogP contribution in [0.3, 0.4) is 0 Å². The summed E-state index contributed by atoms with van der Waals surface area (Å²) in [7, 11) is 2.18. The Morgan fingerprint density at radius 2 is 1.82 bits per heavy atom. The van der Waals surface area contributed by atoms with Gasteiger partial charge in [0.15, 0.2) is 0 Å². The van der Waals surface area contributed by atoms with Crippen molar-refractivity contribution in [2.75, 3.05) is 18.9 Å². The Kier molecular flexibility index (Phi) is 8.99. The Hall–Kier alpha value is -3.46. The molecule has 0 saturated carbocycles. The van der Waals surface area contributed by atoms with E-state index in [1.165, 1.54) is 30.2 Å². The van der Waals surface area contributed by atoms with Crippen molar-refractivity contribution in [3.05, 3.63) is 94.5 Å². The summed E-state index contributed by atoms with van der Waals surface area (Å²) >= 11 is 3.11. The van der Waals surface area contributed by atoms with E-state index in [1.54, 1.807) is 23.5 Å². The van der Waals surface area contributed by atoms with Crippen LogP contribution in [0.2, 0.25) is 0 Å². The third-order valence-electron chi connectivity index (χ3n) is 7.13. The second-order valence-corrected chi connectivity index (χ2v) is 12.5. The molecule has 4 aromatic rings. The van der Waals surface area contributed by atoms with E-state index in [0.29, 0.717) is 29.4 Å². The lowest BCUT2D eigenvalue weighted by atomic mass is 10.1. The van der Waals surface area contributed by atoms with Gasteiger partial charge in [0.1, 0.15) is 5.01 Å². The number of fused-ring (bicyclic) bond motifs is 2. The Morgan fingerprint density at radius 1 is 1.02 bits per heavy atom. The zero-order chi connectivity index (χ0) is 28.1. The van der Waals surface area contributed by atoms with Crippen LogP contribution in [0, 0.1) is 0 Å². The van der Waals surface area contributed by atoms with Gasteiger partial charge in [-0.05, 0) is 82.6 Å². The maximum Gasteiger partial charge on any atom is 0.256 e. The number of rotatable bonds is 10. The molecule has 3 aromatic carbocycles. The van der Waals surface area contributed by atoms with Gasteiger partial charge in [-0.1, -0.05) is 48.2 Å². The second kappa shape index (κ2) is 12.8. The molecular weight excluding hydrogens is 537 g/mol. The van der Waals surface area contributed by atoms with Gasteiger partial charge in [0.25, 0.3) is 11.8 Å². The van der Waals surface area contributed by atoms with Crippen LogP contribution >= 0.6 is 23.1 Å². The molecule has 0 radical (unpaired) electrons. The number of unbranched alkanes of at least 4 members (excludes halogenated alkanes) is 1. The highest BCUT2D eigenvalue weighted by molar-refractivity contribution is 7.99. The summed E-state index contributed by atoms with van der Waals surface area (Å²) in [6.45, 7) is 5.98. The number of nitrogens with zero attached hydrogens (tertiary/aromatic N) is 2. The second-order valence-electron chi connectivity index (χ2n) is 10.3. The first-order valence-corrected chi connectivity index (χ1v) is 15.3. The molecule has 0 aliphatic carbocycles. The number of carbonyl (C=O) groups is 2. The molecule has 6 nitrogen and oxygen atoms in total. The first-order valence-electron chi connectivity index (χ1n) is 13.6. The van der Waals surface area contributed by atoms with Gasteiger partial charge >= 0.3 is 0 Å². The van der Waals surface area contributed by atoms with E-state index >= 15 is 0 Å². The highest BCUT2D eigenvalue weighted by atomic mass is 32.2. The van der Waals surface area contributed by atoms with Gasteiger partial charge in [0, 0.05) is 38.0 Å². The predicted molar refractivity (Wildman–Crippen MR) is 164 cm³/mol. The minimum absolute atomic E-state index is 0.167. The number of aromatic nitrogens is 1. The molecule has 1 aliphatic heterocycles. The van der Waals surface area contributed by atoms with Crippen molar-refractivity contribution < 1.29 is 9.59 Å². The predicted octanol–water partition coefficient (Wildman–Crippen LogP) is 7.12. The van der Waals surface area contributed by atoms with Crippen LogP contribution in [0.5, 0.6) is 0 Å². The van der Waals surface area contributed by atoms with Gasteiger partial charge < -0.3 is 15.5 Å². The average Bonchev–Trinajstić information content (AvgIpc) is 3.38. The number of thiazole rings is 1. The minimum atomic E-state index is -0.192. The molecule has 2 heterocycles. The number of carbonyl (C=O) groups excluding carboxylic acids is 2. The zero-order valence-electron chi connectivity index (χ0n) is 23.1. The molecule has 0 unspecified atom stereocenters. The zero-order valence-corrected chi connectivity index (χ0v) is 24.7. The number of hydrogen-bond acceptors (Lipinski definition) is 6. The molecule has 2 amide bonds. The first kappa shape index (κ1) is 28.1.